The number of hydrogen-bond donors (Lipinski definition) is 1. The van der Waals surface area contributed by atoms with Gasteiger partial charge in [0.2, 0.25) is 0 Å². The summed E-state index contributed by atoms with van der Waals surface area (Å²) in [4.78, 5) is 10.6. The van der Waals surface area contributed by atoms with Crippen molar-refractivity contribution >= 4 is 5.97 Å². The maximum Gasteiger partial charge on any atom is 0.307 e. The molecule has 0 saturated heterocycles. The first-order valence-corrected chi connectivity index (χ1v) is 5.17. The molecule has 0 spiro atoms. The molecule has 1 aliphatic carbocycles. The predicted octanol–water partition coefficient (Wildman–Crippen LogP) is 1.85. The molecule has 0 aliphatic heterocycles. The molecule has 1 saturated carbocycles. The highest BCUT2D eigenvalue weighted by Crippen LogP contribution is 2.14. The van der Waals surface area contributed by atoms with Gasteiger partial charge in [0.05, 0.1) is 13.0 Å². The molecular weight excluding hydrogens is 166 g/mol. The molecule has 13 heavy (non-hydrogen) atoms. The largest absolute Gasteiger partial charge is 0.466 e. The van der Waals surface area contributed by atoms with E-state index in [1.165, 1.54) is 19.3 Å². The summed E-state index contributed by atoms with van der Waals surface area (Å²) in [6.45, 7) is 2.97. The number of unbranched alkanes of at least 4 members (excludes halogenated alkanes) is 1. The van der Waals surface area contributed by atoms with Crippen LogP contribution in [0.3, 0.4) is 0 Å². The van der Waals surface area contributed by atoms with Crippen LogP contribution in [0.25, 0.3) is 0 Å². The second kappa shape index (κ2) is 9.52. The molecule has 0 aromatic carbocycles. The first-order valence-electron chi connectivity index (χ1n) is 5.17. The third kappa shape index (κ3) is 14.3. The van der Waals surface area contributed by atoms with Crippen molar-refractivity contribution in [2.24, 2.45) is 5.73 Å². The van der Waals surface area contributed by atoms with Gasteiger partial charge in [-0.3, -0.25) is 4.79 Å². The van der Waals surface area contributed by atoms with Gasteiger partial charge in [-0.25, -0.2) is 0 Å². The van der Waals surface area contributed by atoms with Gasteiger partial charge in [-0.05, 0) is 6.42 Å². The Hall–Kier alpha value is -0.570. The van der Waals surface area contributed by atoms with Crippen LogP contribution < -0.4 is 5.73 Å². The highest BCUT2D eigenvalue weighted by Gasteiger charge is 1.98. The molecule has 1 rings (SSSR count). The molecule has 0 aromatic rings. The second-order valence-corrected chi connectivity index (χ2v) is 3.17. The monoisotopic (exact) mass is 187 g/mol. The standard InChI is InChI=1S/C7H15NO2.C3H6/c1-2-3-6-10-7(9)4-5-8;1-2-3-1/h2-6,8H2,1H3;1-3H2. The highest BCUT2D eigenvalue weighted by molar-refractivity contribution is 5.69. The van der Waals surface area contributed by atoms with Gasteiger partial charge in [0.1, 0.15) is 0 Å². The molecule has 0 unspecified atom stereocenters. The van der Waals surface area contributed by atoms with Crippen molar-refractivity contribution in [3.63, 3.8) is 0 Å². The Bertz CT molecular complexity index is 121. The van der Waals surface area contributed by atoms with Crippen molar-refractivity contribution in [2.75, 3.05) is 13.2 Å². The molecule has 78 valence electrons. The third-order valence-corrected chi connectivity index (χ3v) is 1.46. The lowest BCUT2D eigenvalue weighted by molar-refractivity contribution is -0.143. The quantitative estimate of drug-likeness (QED) is 0.528. The maximum absolute atomic E-state index is 10.6. The summed E-state index contributed by atoms with van der Waals surface area (Å²) >= 11 is 0. The maximum atomic E-state index is 10.6. The topological polar surface area (TPSA) is 52.3 Å². The Balaban J connectivity index is 0.000000396. The Labute approximate surface area is 80.6 Å². The fraction of sp³-hybridized carbons (Fsp3) is 0.900. The lowest BCUT2D eigenvalue weighted by Gasteiger charge is -2.00. The lowest BCUT2D eigenvalue weighted by Crippen LogP contribution is -2.11. The summed E-state index contributed by atoms with van der Waals surface area (Å²) in [5.41, 5.74) is 5.13. The van der Waals surface area contributed by atoms with Crippen LogP contribution in [0.4, 0.5) is 0 Å². The van der Waals surface area contributed by atoms with Crippen LogP contribution >= 0.6 is 0 Å². The van der Waals surface area contributed by atoms with Gasteiger partial charge in [0, 0.05) is 6.54 Å². The van der Waals surface area contributed by atoms with Gasteiger partial charge >= 0.3 is 5.97 Å². The molecule has 0 atom stereocenters. The minimum absolute atomic E-state index is 0.184. The van der Waals surface area contributed by atoms with E-state index in [1.54, 1.807) is 0 Å². The van der Waals surface area contributed by atoms with E-state index in [0.29, 0.717) is 19.6 Å². The van der Waals surface area contributed by atoms with Gasteiger partial charge < -0.3 is 10.5 Å². The summed E-state index contributed by atoms with van der Waals surface area (Å²) in [6, 6.07) is 0. The van der Waals surface area contributed by atoms with Crippen LogP contribution in [0.15, 0.2) is 0 Å². The number of rotatable bonds is 5. The van der Waals surface area contributed by atoms with Crippen LogP contribution in [0.5, 0.6) is 0 Å². The van der Waals surface area contributed by atoms with Crippen LogP contribution in [-0.2, 0) is 9.53 Å². The van der Waals surface area contributed by atoms with E-state index in [4.69, 9.17) is 10.5 Å². The van der Waals surface area contributed by atoms with Crippen LogP contribution in [0.2, 0.25) is 0 Å². The summed E-state index contributed by atoms with van der Waals surface area (Å²) in [5.74, 6) is -0.184. The molecule has 1 fully saturated rings. The van der Waals surface area contributed by atoms with Crippen LogP contribution in [0.1, 0.15) is 45.4 Å². The first kappa shape index (κ1) is 12.4. The fourth-order valence-electron chi connectivity index (χ4n) is 0.520. The van der Waals surface area contributed by atoms with E-state index >= 15 is 0 Å². The van der Waals surface area contributed by atoms with Crippen LogP contribution in [0, 0.1) is 0 Å². The smallest absolute Gasteiger partial charge is 0.307 e. The van der Waals surface area contributed by atoms with Gasteiger partial charge in [-0.1, -0.05) is 32.6 Å². The Morgan fingerprint density at radius 1 is 1.38 bits per heavy atom. The summed E-state index contributed by atoms with van der Waals surface area (Å²) < 4.78 is 4.80. The number of carbonyl (C=O) groups excluding carboxylic acids is 1. The van der Waals surface area contributed by atoms with E-state index < -0.39 is 0 Å². The Kier molecular flexibility index (Phi) is 9.10. The van der Waals surface area contributed by atoms with E-state index in [2.05, 4.69) is 6.92 Å². The normalized spacial score (nSPS) is 12.8. The zero-order valence-electron chi connectivity index (χ0n) is 8.55. The zero-order valence-corrected chi connectivity index (χ0v) is 8.55. The van der Waals surface area contributed by atoms with Crippen LogP contribution in [-0.4, -0.2) is 19.1 Å². The zero-order chi connectivity index (χ0) is 9.94. The van der Waals surface area contributed by atoms with Crippen molar-refractivity contribution in [3.05, 3.63) is 0 Å². The molecule has 3 nitrogen and oxygen atoms in total. The van der Waals surface area contributed by atoms with Crippen molar-refractivity contribution < 1.29 is 9.53 Å². The molecule has 0 bridgehead atoms. The summed E-state index contributed by atoms with van der Waals surface area (Å²) in [7, 11) is 0. The van der Waals surface area contributed by atoms with Crippen molar-refractivity contribution in [3.8, 4) is 0 Å². The molecule has 3 heteroatoms. The average molecular weight is 187 g/mol. The van der Waals surface area contributed by atoms with Gasteiger partial charge in [0.25, 0.3) is 0 Å². The Morgan fingerprint density at radius 3 is 2.38 bits per heavy atom. The average Bonchev–Trinajstić information content (AvgIpc) is 2.91. The fourth-order valence-corrected chi connectivity index (χ4v) is 0.520. The van der Waals surface area contributed by atoms with E-state index in [1.807, 2.05) is 0 Å². The number of esters is 1. The van der Waals surface area contributed by atoms with E-state index in [-0.39, 0.29) is 5.97 Å². The minimum atomic E-state index is -0.184. The minimum Gasteiger partial charge on any atom is -0.466 e. The molecule has 2 N–H and O–H groups in total. The molecule has 0 aromatic heterocycles. The highest BCUT2D eigenvalue weighted by atomic mass is 16.5. The van der Waals surface area contributed by atoms with E-state index in [0.717, 1.165) is 12.8 Å². The number of ether oxygens (including phenoxy) is 1. The summed E-state index contributed by atoms with van der Waals surface area (Å²) in [5, 5.41) is 0. The first-order chi connectivity index (χ1) is 6.31. The van der Waals surface area contributed by atoms with Crippen molar-refractivity contribution in [1.82, 2.24) is 0 Å². The third-order valence-electron chi connectivity index (χ3n) is 1.46. The van der Waals surface area contributed by atoms with Gasteiger partial charge in [-0.2, -0.15) is 0 Å². The Morgan fingerprint density at radius 2 is 2.00 bits per heavy atom. The van der Waals surface area contributed by atoms with Gasteiger partial charge in [-0.15, -0.1) is 0 Å². The van der Waals surface area contributed by atoms with Crippen molar-refractivity contribution in [2.45, 2.75) is 45.4 Å². The molecule has 1 aliphatic rings. The number of carbonyl (C=O) groups is 1. The number of nitrogens with two attached hydrogens (primary N) is 1. The van der Waals surface area contributed by atoms with Gasteiger partial charge in [0.15, 0.2) is 0 Å². The molecule has 0 radical (unpaired) electrons. The van der Waals surface area contributed by atoms with E-state index in [9.17, 15) is 4.79 Å². The number of hydrogen-bond acceptors (Lipinski definition) is 3. The van der Waals surface area contributed by atoms with Crippen molar-refractivity contribution in [1.29, 1.82) is 0 Å². The lowest BCUT2D eigenvalue weighted by atomic mass is 10.3. The second-order valence-electron chi connectivity index (χ2n) is 3.17. The summed E-state index contributed by atoms with van der Waals surface area (Å²) in [6.07, 6.45) is 6.83. The predicted molar refractivity (Wildman–Crippen MR) is 53.4 cm³/mol. The molecular formula is C10H21NO2. The molecule has 0 amide bonds. The molecule has 0 heterocycles. The SMILES string of the molecule is C1CC1.CCCCOC(=O)CCN.